The zero-order valence-corrected chi connectivity index (χ0v) is 12.6. The summed E-state index contributed by atoms with van der Waals surface area (Å²) in [6.45, 7) is 1.75. The van der Waals surface area contributed by atoms with E-state index < -0.39 is 5.91 Å². The first kappa shape index (κ1) is 14.4. The lowest BCUT2D eigenvalue weighted by molar-refractivity contribution is -0.194. The average molecular weight is 348 g/mol. The van der Waals surface area contributed by atoms with Crippen molar-refractivity contribution in [3.63, 3.8) is 0 Å². The van der Waals surface area contributed by atoms with Gasteiger partial charge in [0, 0.05) is 6.20 Å². The summed E-state index contributed by atoms with van der Waals surface area (Å²) in [5, 5.41) is 26.8. The second-order valence-electron chi connectivity index (χ2n) is 3.94. The highest BCUT2D eigenvalue weighted by atomic mass is 79.9. The largest absolute Gasteiger partial charge is 0.348 e. The smallest absolute Gasteiger partial charge is 0.268 e. The number of hydrogen-bond acceptors (Lipinski definition) is 5. The summed E-state index contributed by atoms with van der Waals surface area (Å²) in [5.41, 5.74) is 1.37. The summed E-state index contributed by atoms with van der Waals surface area (Å²) in [5.74, 6) is -2.20. The maximum absolute atomic E-state index is 9.93. The van der Waals surface area contributed by atoms with Crippen molar-refractivity contribution in [3.05, 3.63) is 39.3 Å². The summed E-state index contributed by atoms with van der Waals surface area (Å²) in [7, 11) is 1.43. The van der Waals surface area contributed by atoms with Crippen LogP contribution in [0.5, 0.6) is 0 Å². The van der Waals surface area contributed by atoms with Crippen LogP contribution in [-0.2, 0) is 5.91 Å². The van der Waals surface area contributed by atoms with Crippen molar-refractivity contribution in [3.8, 4) is 5.69 Å². The van der Waals surface area contributed by atoms with E-state index in [4.69, 9.17) is 11.6 Å². The molecule has 0 bridgehead atoms. The highest BCUT2D eigenvalue weighted by molar-refractivity contribution is 9.10. The molecule has 2 rings (SSSR count). The number of halogens is 2. The fourth-order valence-electron chi connectivity index (χ4n) is 1.63. The van der Waals surface area contributed by atoms with Crippen LogP contribution in [0.1, 0.15) is 11.4 Å². The van der Waals surface area contributed by atoms with Crippen LogP contribution in [0.2, 0.25) is 5.15 Å². The summed E-state index contributed by atoms with van der Waals surface area (Å²) in [6.07, 6.45) is 1.51. The molecule has 0 unspecified atom stereocenters. The quantitative estimate of drug-likeness (QED) is 0.576. The van der Waals surface area contributed by atoms with Crippen LogP contribution in [0.4, 0.5) is 0 Å². The lowest BCUT2D eigenvalue weighted by Crippen LogP contribution is -2.41. The Labute approximate surface area is 123 Å². The Morgan fingerprint density at radius 3 is 2.79 bits per heavy atom. The molecule has 0 aliphatic rings. The van der Waals surface area contributed by atoms with Gasteiger partial charge >= 0.3 is 0 Å². The molecular formula is C11H12BrClN4O2. The summed E-state index contributed by atoms with van der Waals surface area (Å²) >= 11 is 9.24. The standard InChI is InChI=1S/C11H12BrClN4O2/c1-6-5-8(11(18,19)14-2)17(16-6)7-3-4-15-10(13)9(7)12/h3-5,14,18-19H,1-2H3. The van der Waals surface area contributed by atoms with Gasteiger partial charge in [-0.3, -0.25) is 5.32 Å². The predicted molar refractivity (Wildman–Crippen MR) is 74.0 cm³/mol. The van der Waals surface area contributed by atoms with E-state index in [1.807, 2.05) is 0 Å². The number of aliphatic hydroxyl groups is 2. The van der Waals surface area contributed by atoms with Crippen molar-refractivity contribution in [2.45, 2.75) is 12.8 Å². The molecule has 0 aromatic carbocycles. The van der Waals surface area contributed by atoms with Gasteiger partial charge in [0.2, 0.25) is 0 Å². The van der Waals surface area contributed by atoms with E-state index >= 15 is 0 Å². The van der Waals surface area contributed by atoms with E-state index in [1.165, 1.54) is 17.9 Å². The Kier molecular flexibility index (Phi) is 3.93. The zero-order chi connectivity index (χ0) is 14.2. The molecule has 0 fully saturated rings. The molecular weight excluding hydrogens is 336 g/mol. The molecule has 8 heteroatoms. The lowest BCUT2D eigenvalue weighted by atomic mass is 10.3. The fourth-order valence-corrected chi connectivity index (χ4v) is 2.19. The van der Waals surface area contributed by atoms with E-state index in [1.54, 1.807) is 19.1 Å². The normalized spacial score (nSPS) is 11.9. The highest BCUT2D eigenvalue weighted by Crippen LogP contribution is 2.29. The Bertz CT molecular complexity index is 615. The summed E-state index contributed by atoms with van der Waals surface area (Å²) in [6, 6.07) is 3.23. The van der Waals surface area contributed by atoms with Gasteiger partial charge < -0.3 is 10.2 Å². The van der Waals surface area contributed by atoms with Gasteiger partial charge in [-0.25, -0.2) is 9.67 Å². The molecule has 0 radical (unpaired) electrons. The molecule has 0 atom stereocenters. The van der Waals surface area contributed by atoms with E-state index in [9.17, 15) is 10.2 Å². The Morgan fingerprint density at radius 2 is 2.16 bits per heavy atom. The van der Waals surface area contributed by atoms with Crippen LogP contribution >= 0.6 is 27.5 Å². The number of aromatic nitrogens is 3. The van der Waals surface area contributed by atoms with Crippen molar-refractivity contribution in [1.29, 1.82) is 0 Å². The van der Waals surface area contributed by atoms with Gasteiger partial charge in [-0.1, -0.05) is 11.6 Å². The van der Waals surface area contributed by atoms with Crippen LogP contribution in [0, 0.1) is 6.92 Å². The molecule has 0 amide bonds. The fraction of sp³-hybridized carbons (Fsp3) is 0.273. The van der Waals surface area contributed by atoms with Crippen LogP contribution in [0.3, 0.4) is 0 Å². The molecule has 19 heavy (non-hydrogen) atoms. The third-order valence-electron chi connectivity index (χ3n) is 2.59. The predicted octanol–water partition coefficient (Wildman–Crippen LogP) is 1.31. The second-order valence-corrected chi connectivity index (χ2v) is 5.09. The van der Waals surface area contributed by atoms with E-state index in [2.05, 4.69) is 31.3 Å². The first-order valence-corrected chi connectivity index (χ1v) is 6.55. The van der Waals surface area contributed by atoms with Gasteiger partial charge in [-0.2, -0.15) is 5.10 Å². The Hall–Kier alpha value is -0.990. The van der Waals surface area contributed by atoms with Crippen LogP contribution in [-0.4, -0.2) is 32.0 Å². The van der Waals surface area contributed by atoms with Crippen molar-refractivity contribution in [1.82, 2.24) is 20.1 Å². The molecule has 2 aromatic heterocycles. The Morgan fingerprint density at radius 1 is 1.47 bits per heavy atom. The summed E-state index contributed by atoms with van der Waals surface area (Å²) in [4.78, 5) is 3.92. The number of pyridine rings is 1. The summed E-state index contributed by atoms with van der Waals surface area (Å²) < 4.78 is 1.91. The maximum atomic E-state index is 9.93. The number of nitrogens with zero attached hydrogens (tertiary/aromatic N) is 3. The minimum atomic E-state index is -2.20. The molecule has 0 saturated carbocycles. The third-order valence-corrected chi connectivity index (χ3v) is 3.89. The number of aryl methyl sites for hydroxylation is 1. The molecule has 102 valence electrons. The van der Waals surface area contributed by atoms with Crippen LogP contribution < -0.4 is 5.32 Å². The number of hydrogen-bond donors (Lipinski definition) is 3. The molecule has 0 aliphatic carbocycles. The SMILES string of the molecule is CNC(O)(O)c1cc(C)nn1-c1ccnc(Cl)c1Br. The first-order valence-electron chi connectivity index (χ1n) is 5.38. The average Bonchev–Trinajstić information content (AvgIpc) is 2.75. The van der Waals surface area contributed by atoms with E-state index in [0.29, 0.717) is 15.9 Å². The van der Waals surface area contributed by atoms with Crippen molar-refractivity contribution < 1.29 is 10.2 Å². The number of rotatable bonds is 3. The monoisotopic (exact) mass is 346 g/mol. The third kappa shape index (κ3) is 2.65. The lowest BCUT2D eigenvalue weighted by Gasteiger charge is -2.22. The van der Waals surface area contributed by atoms with Gasteiger partial charge in [-0.05, 0) is 42.0 Å². The maximum Gasteiger partial charge on any atom is 0.268 e. The Balaban J connectivity index is 2.66. The van der Waals surface area contributed by atoms with Crippen LogP contribution in [0.15, 0.2) is 22.8 Å². The van der Waals surface area contributed by atoms with Gasteiger partial charge in [0.15, 0.2) is 0 Å². The van der Waals surface area contributed by atoms with Gasteiger partial charge in [-0.15, -0.1) is 0 Å². The van der Waals surface area contributed by atoms with Crippen molar-refractivity contribution in [2.24, 2.45) is 0 Å². The molecule has 2 heterocycles. The second kappa shape index (κ2) is 5.18. The minimum Gasteiger partial charge on any atom is -0.348 e. The topological polar surface area (TPSA) is 83.2 Å². The number of nitrogens with one attached hydrogen (secondary N) is 1. The van der Waals surface area contributed by atoms with Gasteiger partial charge in [0.25, 0.3) is 5.91 Å². The van der Waals surface area contributed by atoms with Crippen LogP contribution in [0.25, 0.3) is 5.69 Å². The zero-order valence-electron chi connectivity index (χ0n) is 10.2. The van der Waals surface area contributed by atoms with Crippen molar-refractivity contribution in [2.75, 3.05) is 7.05 Å². The molecule has 0 spiro atoms. The van der Waals surface area contributed by atoms with Gasteiger partial charge in [0.1, 0.15) is 10.8 Å². The highest BCUT2D eigenvalue weighted by Gasteiger charge is 2.30. The van der Waals surface area contributed by atoms with E-state index in [0.717, 1.165) is 0 Å². The van der Waals surface area contributed by atoms with Crippen molar-refractivity contribution >= 4 is 27.5 Å². The molecule has 0 saturated heterocycles. The van der Waals surface area contributed by atoms with Gasteiger partial charge in [0.05, 0.1) is 15.9 Å². The first-order chi connectivity index (χ1) is 8.86. The molecule has 0 aliphatic heterocycles. The minimum absolute atomic E-state index is 0.176. The molecule has 6 nitrogen and oxygen atoms in total. The molecule has 2 aromatic rings. The van der Waals surface area contributed by atoms with E-state index in [-0.39, 0.29) is 10.8 Å². The molecule has 3 N–H and O–H groups in total.